The van der Waals surface area contributed by atoms with Gasteiger partial charge in [0.2, 0.25) is 5.91 Å². The Bertz CT molecular complexity index is 1180. The summed E-state index contributed by atoms with van der Waals surface area (Å²) in [7, 11) is 2.30. The average molecular weight is 497 g/mol. The second-order valence-electron chi connectivity index (χ2n) is 7.29. The van der Waals surface area contributed by atoms with E-state index in [2.05, 4.69) is 10.8 Å². The number of ether oxygens (including phenoxy) is 2. The first kappa shape index (κ1) is 25.6. The van der Waals surface area contributed by atoms with E-state index in [1.54, 1.807) is 0 Å². The molecule has 3 aromatic rings. The fraction of sp³-hybridized carbons (Fsp3) is 0.200. The third-order valence-electron chi connectivity index (χ3n) is 4.92. The highest BCUT2D eigenvalue weighted by atomic mass is 32.1. The van der Waals surface area contributed by atoms with Crippen molar-refractivity contribution in [2.45, 2.75) is 18.9 Å². The maximum absolute atomic E-state index is 12.9. The van der Waals surface area contributed by atoms with E-state index >= 15 is 0 Å². The number of carbonyl (C=O) groups is 4. The van der Waals surface area contributed by atoms with Gasteiger partial charge in [-0.3, -0.25) is 19.2 Å². The number of amides is 2. The third kappa shape index (κ3) is 6.98. The number of hydrogen-bond acceptors (Lipinski definition) is 8. The van der Waals surface area contributed by atoms with E-state index in [9.17, 15) is 19.2 Å². The molecule has 0 aliphatic heterocycles. The molecule has 0 saturated heterocycles. The van der Waals surface area contributed by atoms with Gasteiger partial charge in [-0.2, -0.15) is 0 Å². The highest BCUT2D eigenvalue weighted by Gasteiger charge is 2.34. The van der Waals surface area contributed by atoms with Crippen LogP contribution in [0.2, 0.25) is 0 Å². The highest BCUT2D eigenvalue weighted by molar-refractivity contribution is 7.10. The van der Waals surface area contributed by atoms with E-state index in [1.165, 1.54) is 36.6 Å². The maximum atomic E-state index is 12.9. The van der Waals surface area contributed by atoms with Gasteiger partial charge in [0.25, 0.3) is 5.91 Å². The van der Waals surface area contributed by atoms with E-state index in [0.717, 1.165) is 17.6 Å². The van der Waals surface area contributed by atoms with Crippen LogP contribution in [0, 0.1) is 0 Å². The fourth-order valence-electron chi connectivity index (χ4n) is 3.27. The number of carbonyl (C=O) groups excluding carboxylic acids is 4. The summed E-state index contributed by atoms with van der Waals surface area (Å²) in [5.41, 5.74) is 3.32. The first-order valence-electron chi connectivity index (χ1n) is 10.5. The third-order valence-corrected chi connectivity index (χ3v) is 5.80. The fourth-order valence-corrected chi connectivity index (χ4v) is 3.97. The van der Waals surface area contributed by atoms with Crippen molar-refractivity contribution in [3.05, 3.63) is 87.6 Å². The standard InChI is InChI=1S/C25H24N2O7S/c1-32-24(30)20-13-17(26-21(28)14-18-9-6-12-35-18)10-11-19(20)22(25(31)33-2)23(29)27-34-15-16-7-4-3-5-8-16/h3-13,22H,14-15H2,1-2H3,(H,26,28)(H,27,29). The SMILES string of the molecule is COC(=O)c1cc(NC(=O)Cc2cccs2)ccc1C(C(=O)NOCc1ccccc1)C(=O)OC. The van der Waals surface area contributed by atoms with Crippen LogP contribution in [0.3, 0.4) is 0 Å². The number of rotatable bonds is 10. The number of methoxy groups -OCH3 is 2. The first-order chi connectivity index (χ1) is 16.9. The number of nitrogens with one attached hydrogen (secondary N) is 2. The van der Waals surface area contributed by atoms with E-state index in [4.69, 9.17) is 14.3 Å². The predicted molar refractivity (Wildman–Crippen MR) is 129 cm³/mol. The molecule has 2 amide bonds. The van der Waals surface area contributed by atoms with Gasteiger partial charge < -0.3 is 14.8 Å². The minimum Gasteiger partial charge on any atom is -0.468 e. The molecule has 1 atom stereocenters. The van der Waals surface area contributed by atoms with Crippen molar-refractivity contribution in [1.29, 1.82) is 0 Å². The normalized spacial score (nSPS) is 11.3. The molecule has 2 N–H and O–H groups in total. The van der Waals surface area contributed by atoms with Gasteiger partial charge in [-0.05, 0) is 34.7 Å². The van der Waals surface area contributed by atoms with Gasteiger partial charge in [0, 0.05) is 10.6 Å². The second-order valence-corrected chi connectivity index (χ2v) is 8.33. The Morgan fingerprint density at radius 1 is 0.943 bits per heavy atom. The topological polar surface area (TPSA) is 120 Å². The zero-order valence-corrected chi connectivity index (χ0v) is 19.9. The van der Waals surface area contributed by atoms with Gasteiger partial charge in [-0.15, -0.1) is 11.3 Å². The second kappa shape index (κ2) is 12.4. The lowest BCUT2D eigenvalue weighted by Crippen LogP contribution is -2.35. The summed E-state index contributed by atoms with van der Waals surface area (Å²) >= 11 is 1.45. The van der Waals surface area contributed by atoms with Gasteiger partial charge in [0.05, 0.1) is 32.8 Å². The van der Waals surface area contributed by atoms with Crippen molar-refractivity contribution in [2.75, 3.05) is 19.5 Å². The maximum Gasteiger partial charge on any atom is 0.338 e. The van der Waals surface area contributed by atoms with Crippen molar-refractivity contribution >= 4 is 40.8 Å². The Balaban J connectivity index is 1.81. The molecule has 0 spiro atoms. The molecule has 3 rings (SSSR count). The number of hydroxylamine groups is 1. The highest BCUT2D eigenvalue weighted by Crippen LogP contribution is 2.26. The summed E-state index contributed by atoms with van der Waals surface area (Å²) in [6.07, 6.45) is 0.166. The van der Waals surface area contributed by atoms with Gasteiger partial charge >= 0.3 is 11.9 Å². The molecular formula is C25H24N2O7S. The zero-order chi connectivity index (χ0) is 25.2. The number of esters is 2. The van der Waals surface area contributed by atoms with E-state index in [1.807, 2.05) is 47.8 Å². The van der Waals surface area contributed by atoms with Crippen LogP contribution in [0.4, 0.5) is 5.69 Å². The smallest absolute Gasteiger partial charge is 0.338 e. The van der Waals surface area contributed by atoms with Gasteiger partial charge in [-0.1, -0.05) is 42.5 Å². The minimum absolute atomic E-state index is 0.0424. The molecule has 0 aliphatic carbocycles. The summed E-state index contributed by atoms with van der Waals surface area (Å²) in [5.74, 6) is -4.31. The molecule has 1 unspecified atom stereocenters. The molecule has 1 aromatic heterocycles. The molecule has 2 aromatic carbocycles. The molecule has 9 nitrogen and oxygen atoms in total. The molecule has 0 radical (unpaired) electrons. The molecule has 182 valence electrons. The van der Waals surface area contributed by atoms with Crippen molar-refractivity contribution in [3.63, 3.8) is 0 Å². The summed E-state index contributed by atoms with van der Waals surface area (Å²) in [5, 5.41) is 4.58. The van der Waals surface area contributed by atoms with Crippen molar-refractivity contribution in [2.24, 2.45) is 0 Å². The number of hydrogen-bond donors (Lipinski definition) is 2. The monoisotopic (exact) mass is 496 g/mol. The lowest BCUT2D eigenvalue weighted by Gasteiger charge is -2.18. The lowest BCUT2D eigenvalue weighted by molar-refractivity contribution is -0.150. The van der Waals surface area contributed by atoms with Crippen LogP contribution in [-0.4, -0.2) is 38.0 Å². The Morgan fingerprint density at radius 3 is 2.37 bits per heavy atom. The largest absolute Gasteiger partial charge is 0.468 e. The quantitative estimate of drug-likeness (QED) is 0.251. The van der Waals surface area contributed by atoms with Crippen LogP contribution < -0.4 is 10.8 Å². The van der Waals surface area contributed by atoms with Crippen LogP contribution in [-0.2, 0) is 41.7 Å². The predicted octanol–water partition coefficient (Wildman–Crippen LogP) is 3.22. The van der Waals surface area contributed by atoms with E-state index in [-0.39, 0.29) is 30.1 Å². The molecule has 10 heteroatoms. The molecule has 0 bridgehead atoms. The van der Waals surface area contributed by atoms with E-state index in [0.29, 0.717) is 5.69 Å². The molecular weight excluding hydrogens is 472 g/mol. The van der Waals surface area contributed by atoms with Crippen LogP contribution in [0.1, 0.15) is 32.3 Å². The number of thiophene rings is 1. The Morgan fingerprint density at radius 2 is 1.71 bits per heavy atom. The molecule has 0 fully saturated rings. The lowest BCUT2D eigenvalue weighted by atomic mass is 9.93. The summed E-state index contributed by atoms with van der Waals surface area (Å²) in [4.78, 5) is 56.4. The van der Waals surface area contributed by atoms with Crippen molar-refractivity contribution < 1.29 is 33.5 Å². The number of anilines is 1. The molecule has 0 aliphatic rings. The minimum atomic E-state index is -1.51. The van der Waals surface area contributed by atoms with Crippen LogP contribution in [0.15, 0.2) is 66.0 Å². The van der Waals surface area contributed by atoms with Crippen LogP contribution >= 0.6 is 11.3 Å². The summed E-state index contributed by atoms with van der Waals surface area (Å²) in [6, 6.07) is 17.0. The Hall–Kier alpha value is -4.02. The van der Waals surface area contributed by atoms with Crippen molar-refractivity contribution in [3.8, 4) is 0 Å². The molecule has 35 heavy (non-hydrogen) atoms. The number of benzene rings is 2. The molecule has 1 heterocycles. The van der Waals surface area contributed by atoms with Crippen molar-refractivity contribution in [1.82, 2.24) is 5.48 Å². The van der Waals surface area contributed by atoms with Crippen LogP contribution in [0.5, 0.6) is 0 Å². The first-order valence-corrected chi connectivity index (χ1v) is 11.4. The zero-order valence-electron chi connectivity index (χ0n) is 19.1. The van der Waals surface area contributed by atoms with Crippen LogP contribution in [0.25, 0.3) is 0 Å². The summed E-state index contributed by atoms with van der Waals surface area (Å²) < 4.78 is 9.64. The van der Waals surface area contributed by atoms with Gasteiger partial charge in [0.15, 0.2) is 5.92 Å². The average Bonchev–Trinajstić information content (AvgIpc) is 3.37. The van der Waals surface area contributed by atoms with Gasteiger partial charge in [-0.25, -0.2) is 10.3 Å². The van der Waals surface area contributed by atoms with Gasteiger partial charge in [0.1, 0.15) is 0 Å². The Labute approximate surface area is 206 Å². The Kier molecular flexibility index (Phi) is 9.10. The molecule has 0 saturated carbocycles. The van der Waals surface area contributed by atoms with E-state index < -0.39 is 23.8 Å². The summed E-state index contributed by atoms with van der Waals surface area (Å²) in [6.45, 7) is 0.0690.